The highest BCUT2D eigenvalue weighted by atomic mass is 32.1. The summed E-state index contributed by atoms with van der Waals surface area (Å²) in [6.07, 6.45) is 4.37. The molecule has 8 nitrogen and oxygen atoms in total. The van der Waals surface area contributed by atoms with Gasteiger partial charge in [0.1, 0.15) is 0 Å². The molecule has 31 heavy (non-hydrogen) atoms. The molecule has 0 atom stereocenters. The van der Waals surface area contributed by atoms with Crippen molar-refractivity contribution < 1.29 is 4.79 Å². The minimum Gasteiger partial charge on any atom is -0.332 e. The van der Waals surface area contributed by atoms with Gasteiger partial charge in [0.15, 0.2) is 10.4 Å². The number of pyridine rings is 1. The van der Waals surface area contributed by atoms with Gasteiger partial charge in [-0.2, -0.15) is 5.10 Å². The van der Waals surface area contributed by atoms with Gasteiger partial charge in [0, 0.05) is 25.4 Å². The number of nitrogens with one attached hydrogen (secondary N) is 2. The van der Waals surface area contributed by atoms with Crippen molar-refractivity contribution in [1.82, 2.24) is 24.3 Å². The third-order valence-electron chi connectivity index (χ3n) is 5.32. The van der Waals surface area contributed by atoms with E-state index in [2.05, 4.69) is 20.4 Å². The normalized spacial score (nSPS) is 11.3. The summed E-state index contributed by atoms with van der Waals surface area (Å²) in [5, 5.41) is 8.80. The minimum atomic E-state index is -0.0781. The summed E-state index contributed by atoms with van der Waals surface area (Å²) in [6.45, 7) is 2.45. The Morgan fingerprint density at radius 2 is 2.00 bits per heavy atom. The number of nitrogens with zero attached hydrogens (tertiary/aromatic N) is 4. The van der Waals surface area contributed by atoms with E-state index in [1.54, 1.807) is 21.5 Å². The Kier molecular flexibility index (Phi) is 5.94. The van der Waals surface area contributed by atoms with E-state index in [4.69, 9.17) is 12.2 Å². The standard InChI is InChI=1S/C22H24N6O2S/c1-14-17-12-15(13-23-20(17)27(2)26-14)24-19(29)10-4-3-7-11-28-21(30)16-8-5-6-9-18(16)25-22(28)31/h5-6,8-9,12-13H,3-4,7,10-11H2,1-2H3,(H,24,29)(H,25,31). The van der Waals surface area contributed by atoms with Crippen LogP contribution in [0.25, 0.3) is 21.9 Å². The highest BCUT2D eigenvalue weighted by molar-refractivity contribution is 7.71. The average molecular weight is 437 g/mol. The minimum absolute atomic E-state index is 0.0529. The molecule has 4 rings (SSSR count). The number of unbranched alkanes of at least 4 members (excludes halogenated alkanes) is 2. The zero-order chi connectivity index (χ0) is 22.0. The largest absolute Gasteiger partial charge is 0.332 e. The number of anilines is 1. The maximum Gasteiger partial charge on any atom is 0.262 e. The van der Waals surface area contributed by atoms with Crippen LogP contribution in [-0.2, 0) is 18.4 Å². The lowest BCUT2D eigenvalue weighted by molar-refractivity contribution is -0.116. The monoisotopic (exact) mass is 436 g/mol. The molecule has 9 heteroatoms. The van der Waals surface area contributed by atoms with Crippen LogP contribution in [-0.4, -0.2) is 30.2 Å². The number of carbonyl (C=O) groups excluding carboxylic acids is 1. The number of carbonyl (C=O) groups is 1. The molecule has 0 aliphatic rings. The van der Waals surface area contributed by atoms with E-state index >= 15 is 0 Å². The average Bonchev–Trinajstić information content (AvgIpc) is 3.03. The number of amides is 1. The summed E-state index contributed by atoms with van der Waals surface area (Å²) in [6, 6.07) is 9.25. The number of aromatic amines is 1. The van der Waals surface area contributed by atoms with Gasteiger partial charge in [-0.15, -0.1) is 0 Å². The Hall–Kier alpha value is -3.33. The van der Waals surface area contributed by atoms with Gasteiger partial charge in [0.25, 0.3) is 5.56 Å². The number of aryl methyl sites for hydroxylation is 2. The topological polar surface area (TPSA) is 97.6 Å². The highest BCUT2D eigenvalue weighted by Crippen LogP contribution is 2.19. The van der Waals surface area contributed by atoms with Gasteiger partial charge in [-0.3, -0.25) is 18.8 Å². The molecule has 0 radical (unpaired) electrons. The molecule has 0 bridgehead atoms. The Morgan fingerprint density at radius 3 is 2.84 bits per heavy atom. The summed E-state index contributed by atoms with van der Waals surface area (Å²) in [5.41, 5.74) is 3.01. The molecular formula is C22H24N6O2S. The molecule has 0 aliphatic heterocycles. The Bertz CT molecular complexity index is 1380. The molecule has 0 saturated carbocycles. The van der Waals surface area contributed by atoms with Crippen LogP contribution >= 0.6 is 12.2 Å². The molecule has 0 aliphatic carbocycles. The van der Waals surface area contributed by atoms with Gasteiger partial charge >= 0.3 is 0 Å². The van der Waals surface area contributed by atoms with Crippen LogP contribution < -0.4 is 10.9 Å². The van der Waals surface area contributed by atoms with Crippen molar-refractivity contribution in [3.8, 4) is 0 Å². The molecule has 1 aromatic carbocycles. The van der Waals surface area contributed by atoms with Gasteiger partial charge in [0.2, 0.25) is 5.91 Å². The van der Waals surface area contributed by atoms with E-state index in [9.17, 15) is 9.59 Å². The van der Waals surface area contributed by atoms with E-state index in [-0.39, 0.29) is 11.5 Å². The third kappa shape index (κ3) is 4.41. The van der Waals surface area contributed by atoms with Gasteiger partial charge in [-0.25, -0.2) is 4.98 Å². The molecular weight excluding hydrogens is 412 g/mol. The fraction of sp³-hybridized carbons (Fsp3) is 0.318. The molecule has 0 spiro atoms. The lowest BCUT2D eigenvalue weighted by atomic mass is 10.2. The van der Waals surface area contributed by atoms with Crippen molar-refractivity contribution in [1.29, 1.82) is 0 Å². The number of benzene rings is 1. The number of hydrogen-bond acceptors (Lipinski definition) is 5. The van der Waals surface area contributed by atoms with Crippen molar-refractivity contribution in [3.63, 3.8) is 0 Å². The van der Waals surface area contributed by atoms with Crippen molar-refractivity contribution in [2.45, 2.75) is 39.2 Å². The fourth-order valence-electron chi connectivity index (χ4n) is 3.73. The second kappa shape index (κ2) is 8.81. The first-order valence-electron chi connectivity index (χ1n) is 10.2. The summed E-state index contributed by atoms with van der Waals surface area (Å²) in [5.74, 6) is -0.0529. The Morgan fingerprint density at radius 1 is 1.19 bits per heavy atom. The number of para-hydroxylation sites is 1. The lowest BCUT2D eigenvalue weighted by Gasteiger charge is -2.08. The molecule has 3 heterocycles. The molecule has 2 N–H and O–H groups in total. The van der Waals surface area contributed by atoms with E-state index in [1.165, 1.54) is 0 Å². The predicted molar refractivity (Wildman–Crippen MR) is 124 cm³/mol. The zero-order valence-corrected chi connectivity index (χ0v) is 18.3. The molecule has 3 aromatic heterocycles. The van der Waals surface area contributed by atoms with Gasteiger partial charge in [-0.1, -0.05) is 18.6 Å². The summed E-state index contributed by atoms with van der Waals surface area (Å²) in [4.78, 5) is 32.4. The van der Waals surface area contributed by atoms with Crippen LogP contribution in [0, 0.1) is 11.7 Å². The summed E-state index contributed by atoms with van der Waals surface area (Å²) < 4.78 is 3.74. The van der Waals surface area contributed by atoms with Crippen molar-refractivity contribution >= 4 is 45.7 Å². The Balaban J connectivity index is 1.29. The number of rotatable bonds is 7. The molecule has 160 valence electrons. The molecule has 0 unspecified atom stereocenters. The highest BCUT2D eigenvalue weighted by Gasteiger charge is 2.09. The Labute approximate surface area is 183 Å². The quantitative estimate of drug-likeness (QED) is 0.339. The maximum atomic E-state index is 12.6. The van der Waals surface area contributed by atoms with E-state index in [1.807, 2.05) is 38.2 Å². The number of fused-ring (bicyclic) bond motifs is 2. The van der Waals surface area contributed by atoms with Gasteiger partial charge in [0.05, 0.1) is 28.5 Å². The summed E-state index contributed by atoms with van der Waals surface area (Å²) >= 11 is 5.33. The SMILES string of the molecule is Cc1nn(C)c2ncc(NC(=O)CCCCCn3c(=S)[nH]c4ccccc4c3=O)cc12. The predicted octanol–water partition coefficient (Wildman–Crippen LogP) is 3.85. The van der Waals surface area contributed by atoms with E-state index < -0.39 is 0 Å². The molecule has 0 fully saturated rings. The maximum absolute atomic E-state index is 12.6. The summed E-state index contributed by atoms with van der Waals surface area (Å²) in [7, 11) is 1.85. The second-order valence-electron chi connectivity index (χ2n) is 7.60. The van der Waals surface area contributed by atoms with Crippen LogP contribution in [0.3, 0.4) is 0 Å². The molecule has 0 saturated heterocycles. The number of aromatic nitrogens is 5. The fourth-order valence-corrected chi connectivity index (χ4v) is 4.02. The van der Waals surface area contributed by atoms with Crippen molar-refractivity contribution in [3.05, 3.63) is 57.3 Å². The lowest BCUT2D eigenvalue weighted by Crippen LogP contribution is -2.22. The first kappa shape index (κ1) is 20.9. The zero-order valence-electron chi connectivity index (χ0n) is 17.5. The second-order valence-corrected chi connectivity index (χ2v) is 7.98. The van der Waals surface area contributed by atoms with Crippen LogP contribution in [0.5, 0.6) is 0 Å². The van der Waals surface area contributed by atoms with Crippen LogP contribution in [0.15, 0.2) is 41.3 Å². The first-order valence-corrected chi connectivity index (χ1v) is 10.7. The first-order chi connectivity index (χ1) is 14.9. The smallest absolute Gasteiger partial charge is 0.262 e. The van der Waals surface area contributed by atoms with Crippen LogP contribution in [0.1, 0.15) is 31.4 Å². The molecule has 1 amide bonds. The van der Waals surface area contributed by atoms with E-state index in [0.29, 0.717) is 28.8 Å². The number of H-pyrrole nitrogens is 1. The van der Waals surface area contributed by atoms with Crippen LogP contribution in [0.4, 0.5) is 5.69 Å². The van der Waals surface area contributed by atoms with Crippen molar-refractivity contribution in [2.24, 2.45) is 7.05 Å². The van der Waals surface area contributed by atoms with Crippen LogP contribution in [0.2, 0.25) is 0 Å². The van der Waals surface area contributed by atoms with Crippen molar-refractivity contribution in [2.75, 3.05) is 5.32 Å². The number of hydrogen-bond donors (Lipinski definition) is 2. The van der Waals surface area contributed by atoms with E-state index in [0.717, 1.165) is 41.5 Å². The van der Waals surface area contributed by atoms with Gasteiger partial charge < -0.3 is 10.3 Å². The molecule has 4 aromatic rings. The van der Waals surface area contributed by atoms with Gasteiger partial charge in [-0.05, 0) is 50.2 Å². The third-order valence-corrected chi connectivity index (χ3v) is 5.64.